The molecule has 0 radical (unpaired) electrons. The van der Waals surface area contributed by atoms with E-state index in [9.17, 15) is 51.1 Å². The lowest BCUT2D eigenvalue weighted by Gasteiger charge is -2.28. The number of amides is 8. The van der Waals surface area contributed by atoms with Gasteiger partial charge < -0.3 is 15.4 Å². The van der Waals surface area contributed by atoms with Crippen LogP contribution in [0, 0.1) is 24.6 Å². The summed E-state index contributed by atoms with van der Waals surface area (Å²) in [6.07, 6.45) is -3.91. The van der Waals surface area contributed by atoms with E-state index in [1.807, 2.05) is 0 Å². The Kier molecular flexibility index (Phi) is 12.4. The summed E-state index contributed by atoms with van der Waals surface area (Å²) in [5, 5.41) is 15.2. The van der Waals surface area contributed by atoms with E-state index >= 15 is 0 Å². The number of ether oxygens (including phenoxy) is 1. The summed E-state index contributed by atoms with van der Waals surface area (Å²) >= 11 is 0. The van der Waals surface area contributed by atoms with Gasteiger partial charge in [0.15, 0.2) is 5.82 Å². The first-order valence-corrected chi connectivity index (χ1v) is 19.4. The normalized spacial score (nSPS) is 17.1. The zero-order valence-corrected chi connectivity index (χ0v) is 33.1. The highest BCUT2D eigenvalue weighted by Gasteiger charge is 2.46. The van der Waals surface area contributed by atoms with Crippen molar-refractivity contribution >= 4 is 58.8 Å². The molecule has 4 aromatic rings. The summed E-state index contributed by atoms with van der Waals surface area (Å²) in [6.45, 7) is 0.846. The number of halogens is 4. The Morgan fingerprint density at radius 3 is 2.46 bits per heavy atom. The van der Waals surface area contributed by atoms with Gasteiger partial charge in [0.2, 0.25) is 17.7 Å². The fraction of sp³-hybridized carbons (Fsp3) is 0.286. The van der Waals surface area contributed by atoms with Crippen molar-refractivity contribution in [2.45, 2.75) is 57.3 Å². The molecule has 21 heteroatoms. The van der Waals surface area contributed by atoms with Crippen LogP contribution in [0.4, 0.5) is 39.7 Å². The first kappa shape index (κ1) is 43.3. The monoisotopic (exact) mass is 869 g/mol. The van der Waals surface area contributed by atoms with Gasteiger partial charge in [0.05, 0.1) is 29.8 Å². The standard InChI is InChI=1S/C42H35F4N9O8/c1-23-20-24(42(44,45)46)21-33(48-23)54-30(22-47-41(54)62)39(60)53(27-13-10-25(43)11-14-27)18-5-6-26-12-16-32(52-51-26)49-34(56)9-2-3-19-63-31-8-4-7-28-36(31)40(61)55(38(28)59)29-15-17-35(57)50-37(29)58/h4,7-8,10-14,16,20-21,29-30H,2-3,9,15,17-19,22H2,1H3,(H,47,62)(H,49,52,56)(H,50,57,58)/t29?,30-/m0/s1. The molecule has 7 rings (SSSR count). The van der Waals surface area contributed by atoms with Crippen molar-refractivity contribution in [2.75, 3.05) is 34.8 Å². The molecule has 3 N–H and O–H groups in total. The van der Waals surface area contributed by atoms with E-state index < -0.39 is 65.2 Å². The number of benzene rings is 2. The van der Waals surface area contributed by atoms with Crippen molar-refractivity contribution in [3.8, 4) is 17.6 Å². The van der Waals surface area contributed by atoms with Crippen LogP contribution in [0.2, 0.25) is 0 Å². The van der Waals surface area contributed by atoms with Crippen LogP contribution in [-0.4, -0.2) is 93.3 Å². The topological polar surface area (TPSA) is 213 Å². The second-order valence-electron chi connectivity index (χ2n) is 14.4. The number of urea groups is 1. The van der Waals surface area contributed by atoms with Gasteiger partial charge in [0.25, 0.3) is 17.7 Å². The average molecular weight is 870 g/mol. The largest absolute Gasteiger partial charge is 0.493 e. The number of carbonyl (C=O) groups excluding carboxylic acids is 7. The van der Waals surface area contributed by atoms with Crippen molar-refractivity contribution < 1.29 is 55.9 Å². The molecular formula is C42H35F4N9O8. The zero-order chi connectivity index (χ0) is 45.0. The molecule has 0 aliphatic carbocycles. The van der Waals surface area contributed by atoms with E-state index in [2.05, 4.69) is 43.0 Å². The smallest absolute Gasteiger partial charge is 0.416 e. The quantitative estimate of drug-likeness (QED) is 0.0804. The third-order valence-electron chi connectivity index (χ3n) is 10.1. The van der Waals surface area contributed by atoms with Gasteiger partial charge >= 0.3 is 12.2 Å². The lowest BCUT2D eigenvalue weighted by Crippen LogP contribution is -2.54. The molecule has 8 amide bonds. The molecule has 1 unspecified atom stereocenters. The van der Waals surface area contributed by atoms with E-state index in [1.54, 1.807) is 6.07 Å². The number of rotatable bonds is 12. The Morgan fingerprint density at radius 1 is 0.968 bits per heavy atom. The number of nitrogens with one attached hydrogen (secondary N) is 3. The van der Waals surface area contributed by atoms with Crippen molar-refractivity contribution in [2.24, 2.45) is 0 Å². The second kappa shape index (κ2) is 18.1. The molecule has 2 atom stereocenters. The average Bonchev–Trinajstić information content (AvgIpc) is 3.75. The molecule has 3 aliphatic heterocycles. The highest BCUT2D eigenvalue weighted by Crippen LogP contribution is 2.35. The molecular weight excluding hydrogens is 835 g/mol. The predicted octanol–water partition coefficient (Wildman–Crippen LogP) is 3.91. The first-order valence-electron chi connectivity index (χ1n) is 19.4. The van der Waals surface area contributed by atoms with Gasteiger partial charge in [-0.05, 0) is 92.8 Å². The van der Waals surface area contributed by atoms with Crippen molar-refractivity contribution in [3.63, 3.8) is 0 Å². The maximum Gasteiger partial charge on any atom is 0.416 e. The molecule has 5 heterocycles. The minimum Gasteiger partial charge on any atom is -0.493 e. The number of piperidine rings is 1. The molecule has 2 fully saturated rings. The fourth-order valence-electron chi connectivity index (χ4n) is 7.05. The van der Waals surface area contributed by atoms with Crippen LogP contribution in [0.5, 0.6) is 5.75 Å². The van der Waals surface area contributed by atoms with E-state index in [4.69, 9.17) is 4.74 Å². The Morgan fingerprint density at radius 2 is 1.75 bits per heavy atom. The molecule has 2 aromatic heterocycles. The van der Waals surface area contributed by atoms with E-state index in [-0.39, 0.29) is 90.5 Å². The number of nitrogens with zero attached hydrogens (tertiary/aromatic N) is 6. The summed E-state index contributed by atoms with van der Waals surface area (Å²) in [5.41, 5.74) is -0.650. The van der Waals surface area contributed by atoms with Crippen molar-refractivity contribution in [1.29, 1.82) is 0 Å². The molecule has 2 aromatic carbocycles. The molecule has 2 saturated heterocycles. The molecule has 17 nitrogen and oxygen atoms in total. The number of hydrogen-bond donors (Lipinski definition) is 3. The number of carbonyl (C=O) groups is 7. The van der Waals surface area contributed by atoms with Gasteiger partial charge in [-0.2, -0.15) is 13.2 Å². The number of imide groups is 2. The number of hydrogen-bond acceptors (Lipinski definition) is 11. The van der Waals surface area contributed by atoms with Gasteiger partial charge in [-0.1, -0.05) is 12.0 Å². The maximum atomic E-state index is 14.0. The van der Waals surface area contributed by atoms with Crippen molar-refractivity contribution in [1.82, 2.24) is 30.7 Å². The van der Waals surface area contributed by atoms with Crippen LogP contribution in [0.1, 0.15) is 69.8 Å². The highest BCUT2D eigenvalue weighted by atomic mass is 19.4. The van der Waals surface area contributed by atoms with Gasteiger partial charge in [-0.3, -0.25) is 48.8 Å². The minimum atomic E-state index is -4.74. The fourth-order valence-corrected chi connectivity index (χ4v) is 7.05. The SMILES string of the molecule is Cc1cc(C(F)(F)F)cc(N2C(=O)NC[C@H]2C(=O)N(CC#Cc2ccc(NC(=O)CCCCOc3cccc4c3C(=O)N(C3CCC(=O)NC3=O)C4=O)nn2)c2ccc(F)cc2)n1. The van der Waals surface area contributed by atoms with Crippen LogP contribution in [0.15, 0.2) is 66.7 Å². The lowest BCUT2D eigenvalue weighted by atomic mass is 10.0. The number of unbranched alkanes of at least 4 members (excludes halogenated alkanes) is 1. The number of aromatic nitrogens is 3. The summed E-state index contributed by atoms with van der Waals surface area (Å²) in [7, 11) is 0. The summed E-state index contributed by atoms with van der Waals surface area (Å²) < 4.78 is 60.5. The highest BCUT2D eigenvalue weighted by molar-refractivity contribution is 6.24. The van der Waals surface area contributed by atoms with Gasteiger partial charge in [-0.25, -0.2) is 14.2 Å². The molecule has 63 heavy (non-hydrogen) atoms. The summed E-state index contributed by atoms with van der Waals surface area (Å²) in [5.74, 6) is 1.12. The number of anilines is 3. The van der Waals surface area contributed by atoms with Gasteiger partial charge in [0.1, 0.15) is 35.2 Å². The molecule has 0 bridgehead atoms. The Labute approximate surface area is 355 Å². The van der Waals surface area contributed by atoms with Crippen LogP contribution in [0.25, 0.3) is 0 Å². The first-order chi connectivity index (χ1) is 30.1. The Balaban J connectivity index is 0.926. The third kappa shape index (κ3) is 9.59. The van der Waals surface area contributed by atoms with Crippen LogP contribution in [0.3, 0.4) is 0 Å². The van der Waals surface area contributed by atoms with Crippen LogP contribution >= 0.6 is 0 Å². The van der Waals surface area contributed by atoms with E-state index in [0.717, 1.165) is 32.9 Å². The predicted molar refractivity (Wildman–Crippen MR) is 212 cm³/mol. The lowest BCUT2D eigenvalue weighted by molar-refractivity contribution is -0.138. The van der Waals surface area contributed by atoms with Crippen molar-refractivity contribution in [3.05, 3.63) is 101 Å². The number of pyridine rings is 1. The zero-order valence-electron chi connectivity index (χ0n) is 33.1. The van der Waals surface area contributed by atoms with Crippen LogP contribution in [-0.2, 0) is 25.4 Å². The van der Waals surface area contributed by atoms with E-state index in [0.29, 0.717) is 18.9 Å². The summed E-state index contributed by atoms with van der Waals surface area (Å²) in [6, 6.07) is 10.5. The molecule has 324 valence electrons. The Hall–Kier alpha value is -7.76. The molecule has 3 aliphatic rings. The molecule has 0 spiro atoms. The third-order valence-corrected chi connectivity index (χ3v) is 10.1. The maximum absolute atomic E-state index is 14.0. The Bertz CT molecular complexity index is 2580. The number of fused-ring (bicyclic) bond motifs is 1. The molecule has 0 saturated carbocycles. The summed E-state index contributed by atoms with van der Waals surface area (Å²) in [4.78, 5) is 96.7. The van der Waals surface area contributed by atoms with Gasteiger partial charge in [-0.15, -0.1) is 10.2 Å². The number of alkyl halides is 3. The van der Waals surface area contributed by atoms with Gasteiger partial charge in [0, 0.05) is 30.8 Å². The minimum absolute atomic E-state index is 0.0105. The van der Waals surface area contributed by atoms with E-state index in [1.165, 1.54) is 43.3 Å². The number of aryl methyl sites for hydroxylation is 1. The van der Waals surface area contributed by atoms with Crippen LogP contribution < -0.4 is 30.5 Å². The second-order valence-corrected chi connectivity index (χ2v) is 14.4.